The summed E-state index contributed by atoms with van der Waals surface area (Å²) >= 11 is 0. The van der Waals surface area contributed by atoms with Crippen molar-refractivity contribution in [3.63, 3.8) is 0 Å². The number of hydrogen-bond donors (Lipinski definition) is 3. The Morgan fingerprint density at radius 3 is 2.38 bits per heavy atom. The minimum Gasteiger partial charge on any atom is -0.507 e. The van der Waals surface area contributed by atoms with Gasteiger partial charge in [0.25, 0.3) is 10.9 Å². The molecule has 0 aliphatic rings. The van der Waals surface area contributed by atoms with Crippen molar-refractivity contribution in [3.05, 3.63) is 98.9 Å². The van der Waals surface area contributed by atoms with Gasteiger partial charge >= 0.3 is 10.2 Å². The molecule has 9 nitrogen and oxygen atoms in total. The second-order valence-corrected chi connectivity index (χ2v) is 9.13. The van der Waals surface area contributed by atoms with Crippen molar-refractivity contribution in [1.82, 2.24) is 9.71 Å². The average Bonchev–Trinajstić information content (AvgIpc) is 2.85. The van der Waals surface area contributed by atoms with Gasteiger partial charge in [0.15, 0.2) is 0 Å². The lowest BCUT2D eigenvalue weighted by molar-refractivity contribution is 0.477. The predicted molar refractivity (Wildman–Crippen MR) is 131 cm³/mol. The Morgan fingerprint density at radius 1 is 0.971 bits per heavy atom. The van der Waals surface area contributed by atoms with E-state index in [1.807, 2.05) is 0 Å². The number of aromatic nitrogens is 1. The summed E-state index contributed by atoms with van der Waals surface area (Å²) in [6, 6.07) is 18.5. The van der Waals surface area contributed by atoms with Crippen molar-refractivity contribution >= 4 is 27.3 Å². The maximum atomic E-state index is 13.0. The van der Waals surface area contributed by atoms with Gasteiger partial charge in [0.05, 0.1) is 12.2 Å². The van der Waals surface area contributed by atoms with Crippen LogP contribution in [0, 0.1) is 0 Å². The van der Waals surface area contributed by atoms with Crippen molar-refractivity contribution < 1.29 is 13.5 Å². The molecule has 0 bridgehead atoms. The second kappa shape index (κ2) is 9.46. The van der Waals surface area contributed by atoms with Crippen molar-refractivity contribution in [1.29, 1.82) is 0 Å². The van der Waals surface area contributed by atoms with E-state index in [1.54, 1.807) is 67.7 Å². The summed E-state index contributed by atoms with van der Waals surface area (Å²) < 4.78 is 29.2. The smallest absolute Gasteiger partial charge is 0.302 e. The third-order valence-electron chi connectivity index (χ3n) is 5.13. The Hall–Kier alpha value is -4.02. The average molecular weight is 479 g/mol. The van der Waals surface area contributed by atoms with Crippen molar-refractivity contribution in [2.45, 2.75) is 13.5 Å². The maximum absolute atomic E-state index is 13.0. The third kappa shape index (κ3) is 4.54. The molecule has 0 atom stereocenters. The van der Waals surface area contributed by atoms with Crippen LogP contribution in [-0.4, -0.2) is 25.1 Å². The SMILES string of the molecule is CCNS(=O)(=O)N(Cc1ccccc1)c1c(Nc2ccc(O)c(-c3ccccn3)c2)c(=O)c1=O. The topological polar surface area (TPSA) is 129 Å². The molecule has 3 aromatic carbocycles. The van der Waals surface area contributed by atoms with E-state index in [4.69, 9.17) is 0 Å². The minimum absolute atomic E-state index is 0.0186. The third-order valence-corrected chi connectivity index (χ3v) is 6.67. The molecule has 0 saturated heterocycles. The van der Waals surface area contributed by atoms with Crippen LogP contribution in [0.25, 0.3) is 11.3 Å². The number of hydrogen-bond acceptors (Lipinski definition) is 7. The molecule has 3 N–H and O–H groups in total. The highest BCUT2D eigenvalue weighted by molar-refractivity contribution is 7.90. The number of anilines is 3. The number of rotatable bonds is 9. The van der Waals surface area contributed by atoms with E-state index in [1.165, 1.54) is 12.1 Å². The first-order chi connectivity index (χ1) is 16.3. The number of pyridine rings is 1. The Labute approximate surface area is 196 Å². The lowest BCUT2D eigenvalue weighted by Crippen LogP contribution is -2.48. The standard InChI is InChI=1S/C24H22N4O5S/c1-2-26-34(32,33)28(15-16-8-4-3-5-9-16)22-21(23(30)24(22)31)27-17-11-12-20(29)18(14-17)19-10-6-7-13-25-19/h3-14,26-27,29H,2,15H2,1H3. The van der Waals surface area contributed by atoms with E-state index in [-0.39, 0.29) is 30.2 Å². The molecular formula is C24H22N4O5S. The van der Waals surface area contributed by atoms with Crippen LogP contribution < -0.4 is 25.2 Å². The molecule has 4 rings (SSSR count). The molecule has 0 fully saturated rings. The first kappa shape index (κ1) is 23.1. The minimum atomic E-state index is -4.11. The summed E-state index contributed by atoms with van der Waals surface area (Å²) in [5, 5.41) is 13.1. The number of benzene rings is 2. The zero-order valence-electron chi connectivity index (χ0n) is 18.2. The second-order valence-electron chi connectivity index (χ2n) is 7.45. The van der Waals surface area contributed by atoms with Crippen LogP contribution in [-0.2, 0) is 16.8 Å². The molecule has 174 valence electrons. The van der Waals surface area contributed by atoms with Crippen LogP contribution in [0.4, 0.5) is 17.1 Å². The normalized spacial score (nSPS) is 11.4. The first-order valence-electron chi connectivity index (χ1n) is 10.5. The fourth-order valence-electron chi connectivity index (χ4n) is 3.51. The van der Waals surface area contributed by atoms with Gasteiger partial charge in [-0.1, -0.05) is 43.3 Å². The Bertz CT molecular complexity index is 1480. The lowest BCUT2D eigenvalue weighted by Gasteiger charge is -2.27. The van der Waals surface area contributed by atoms with Crippen LogP contribution in [0.3, 0.4) is 0 Å². The highest BCUT2D eigenvalue weighted by atomic mass is 32.2. The molecule has 0 amide bonds. The molecule has 0 radical (unpaired) electrons. The monoisotopic (exact) mass is 478 g/mol. The van der Waals surface area contributed by atoms with Crippen LogP contribution >= 0.6 is 0 Å². The number of aromatic hydroxyl groups is 1. The first-order valence-corrected chi connectivity index (χ1v) is 11.9. The summed E-state index contributed by atoms with van der Waals surface area (Å²) in [4.78, 5) is 29.2. The van der Waals surface area contributed by atoms with Gasteiger partial charge in [0.1, 0.15) is 17.1 Å². The van der Waals surface area contributed by atoms with Gasteiger partial charge in [0, 0.05) is 24.0 Å². The summed E-state index contributed by atoms with van der Waals surface area (Å²) in [7, 11) is -4.11. The Morgan fingerprint density at radius 2 is 1.71 bits per heavy atom. The van der Waals surface area contributed by atoms with Crippen LogP contribution in [0.15, 0.2) is 82.5 Å². The summed E-state index contributed by atoms with van der Waals surface area (Å²) in [6.45, 7) is 1.59. The highest BCUT2D eigenvalue weighted by Crippen LogP contribution is 2.33. The maximum Gasteiger partial charge on any atom is 0.302 e. The molecule has 0 saturated carbocycles. The zero-order valence-corrected chi connectivity index (χ0v) is 19.0. The van der Waals surface area contributed by atoms with Gasteiger partial charge in [-0.3, -0.25) is 14.6 Å². The lowest BCUT2D eigenvalue weighted by atomic mass is 10.1. The molecule has 10 heteroatoms. The van der Waals surface area contributed by atoms with Gasteiger partial charge < -0.3 is 10.4 Å². The highest BCUT2D eigenvalue weighted by Gasteiger charge is 2.33. The fourth-order valence-corrected chi connectivity index (χ4v) is 4.77. The Balaban J connectivity index is 1.74. The number of phenols is 1. The largest absolute Gasteiger partial charge is 0.507 e. The van der Waals surface area contributed by atoms with Crippen molar-refractivity contribution in [3.8, 4) is 17.0 Å². The van der Waals surface area contributed by atoms with Gasteiger partial charge in [-0.05, 0) is 35.9 Å². The van der Waals surface area contributed by atoms with Gasteiger partial charge in [-0.15, -0.1) is 0 Å². The van der Waals surface area contributed by atoms with Crippen LogP contribution in [0.5, 0.6) is 5.75 Å². The molecular weight excluding hydrogens is 456 g/mol. The number of nitrogens with zero attached hydrogens (tertiary/aromatic N) is 2. The van der Waals surface area contributed by atoms with E-state index < -0.39 is 21.1 Å². The van der Waals surface area contributed by atoms with E-state index >= 15 is 0 Å². The molecule has 0 spiro atoms. The van der Waals surface area contributed by atoms with Crippen LogP contribution in [0.2, 0.25) is 0 Å². The van der Waals surface area contributed by atoms with Crippen LogP contribution in [0.1, 0.15) is 12.5 Å². The summed E-state index contributed by atoms with van der Waals surface area (Å²) in [5.74, 6) is -0.0186. The van der Waals surface area contributed by atoms with E-state index in [0.717, 1.165) is 4.31 Å². The van der Waals surface area contributed by atoms with Gasteiger partial charge in [0.2, 0.25) is 0 Å². The fraction of sp³-hybridized carbons (Fsp3) is 0.125. The number of nitrogens with one attached hydrogen (secondary N) is 2. The molecule has 1 aromatic heterocycles. The number of phenolic OH excluding ortho intramolecular Hbond substituents is 1. The summed E-state index contributed by atoms with van der Waals surface area (Å²) in [6.07, 6.45) is 1.58. The molecule has 1 heterocycles. The molecule has 34 heavy (non-hydrogen) atoms. The molecule has 0 aliphatic carbocycles. The van der Waals surface area contributed by atoms with E-state index in [2.05, 4.69) is 15.0 Å². The molecule has 4 aromatic rings. The van der Waals surface area contributed by atoms with E-state index in [9.17, 15) is 23.1 Å². The molecule has 0 aliphatic heterocycles. The van der Waals surface area contributed by atoms with E-state index in [0.29, 0.717) is 22.5 Å². The van der Waals surface area contributed by atoms with Gasteiger partial charge in [-0.25, -0.2) is 4.31 Å². The predicted octanol–water partition coefficient (Wildman–Crippen LogP) is 2.65. The van der Waals surface area contributed by atoms with Crippen molar-refractivity contribution in [2.24, 2.45) is 0 Å². The van der Waals surface area contributed by atoms with Crippen molar-refractivity contribution in [2.75, 3.05) is 16.2 Å². The quantitative estimate of drug-likeness (QED) is 0.249. The summed E-state index contributed by atoms with van der Waals surface area (Å²) in [5.41, 5.74) is -0.169. The molecule has 0 unspecified atom stereocenters. The van der Waals surface area contributed by atoms with Gasteiger partial charge in [-0.2, -0.15) is 13.1 Å². The zero-order chi connectivity index (χ0) is 24.3. The Kier molecular flexibility index (Phi) is 6.44.